The van der Waals surface area contributed by atoms with Crippen LogP contribution in [0.3, 0.4) is 0 Å². The summed E-state index contributed by atoms with van der Waals surface area (Å²) < 4.78 is 5.09. The molecule has 60 valence electrons. The molecular formula is C7H10N2O2. The Balaban J connectivity index is 2.44. The minimum atomic E-state index is -0.574. The van der Waals surface area contributed by atoms with Crippen molar-refractivity contribution in [3.8, 4) is 6.07 Å². The molecule has 1 aliphatic heterocycles. The Kier molecular flexibility index (Phi) is 3.02. The van der Waals surface area contributed by atoms with E-state index in [0.717, 1.165) is 6.54 Å². The van der Waals surface area contributed by atoms with Crippen LogP contribution in [0.5, 0.6) is 0 Å². The molecule has 4 nitrogen and oxygen atoms in total. The van der Waals surface area contributed by atoms with Gasteiger partial charge in [0, 0.05) is 6.54 Å². The Morgan fingerprint density at radius 1 is 1.82 bits per heavy atom. The van der Waals surface area contributed by atoms with Crippen molar-refractivity contribution in [2.75, 3.05) is 19.8 Å². The highest BCUT2D eigenvalue weighted by atomic mass is 16.5. The lowest BCUT2D eigenvalue weighted by atomic mass is 10.0. The molecule has 2 unspecified atom stereocenters. The number of rotatable bonds is 2. The van der Waals surface area contributed by atoms with Crippen molar-refractivity contribution in [2.24, 2.45) is 5.92 Å². The van der Waals surface area contributed by atoms with Crippen molar-refractivity contribution in [2.45, 2.75) is 6.04 Å². The molecule has 0 aromatic heterocycles. The number of nitrogens with zero attached hydrogens (tertiary/aromatic N) is 1. The van der Waals surface area contributed by atoms with Gasteiger partial charge in [0.25, 0.3) is 0 Å². The molecule has 0 bridgehead atoms. The molecule has 1 heterocycles. The van der Waals surface area contributed by atoms with E-state index in [0.29, 0.717) is 19.5 Å². The monoisotopic (exact) mass is 154 g/mol. The molecule has 2 atom stereocenters. The first-order valence-electron chi connectivity index (χ1n) is 3.54. The summed E-state index contributed by atoms with van der Waals surface area (Å²) in [5, 5.41) is 11.5. The number of hydrogen-bond donors (Lipinski definition) is 1. The molecule has 1 aliphatic rings. The summed E-state index contributed by atoms with van der Waals surface area (Å²) in [5.74, 6) is -0.574. The van der Waals surface area contributed by atoms with Crippen LogP contribution in [-0.2, 0) is 9.53 Å². The average molecular weight is 154 g/mol. The van der Waals surface area contributed by atoms with Crippen molar-refractivity contribution in [3.05, 3.63) is 0 Å². The van der Waals surface area contributed by atoms with E-state index in [1.165, 1.54) is 0 Å². The SMILES string of the molecule is N#CC(C=O)C1COCCN1. The van der Waals surface area contributed by atoms with E-state index in [4.69, 9.17) is 10.00 Å². The minimum absolute atomic E-state index is 0.119. The third kappa shape index (κ3) is 2.00. The van der Waals surface area contributed by atoms with Gasteiger partial charge in [0.1, 0.15) is 12.2 Å². The van der Waals surface area contributed by atoms with E-state index in [9.17, 15) is 4.79 Å². The third-order valence-electron chi connectivity index (χ3n) is 1.68. The molecular weight excluding hydrogens is 144 g/mol. The Hall–Kier alpha value is -0.920. The smallest absolute Gasteiger partial charge is 0.138 e. The zero-order valence-electron chi connectivity index (χ0n) is 6.12. The number of nitrogens with one attached hydrogen (secondary N) is 1. The fourth-order valence-corrected chi connectivity index (χ4v) is 1.03. The quantitative estimate of drug-likeness (QED) is 0.535. The fraction of sp³-hybridized carbons (Fsp3) is 0.714. The lowest BCUT2D eigenvalue weighted by Crippen LogP contribution is -2.46. The van der Waals surface area contributed by atoms with Crippen LogP contribution in [0.2, 0.25) is 0 Å². The highest BCUT2D eigenvalue weighted by Gasteiger charge is 2.22. The highest BCUT2D eigenvalue weighted by molar-refractivity contribution is 5.58. The molecule has 0 saturated carbocycles. The normalized spacial score (nSPS) is 27.0. The number of ether oxygens (including phenoxy) is 1. The summed E-state index contributed by atoms with van der Waals surface area (Å²) in [6.07, 6.45) is 0.659. The summed E-state index contributed by atoms with van der Waals surface area (Å²) in [6.45, 7) is 1.83. The molecule has 1 fully saturated rings. The van der Waals surface area contributed by atoms with Gasteiger partial charge in [-0.1, -0.05) is 0 Å². The molecule has 4 heteroatoms. The van der Waals surface area contributed by atoms with Crippen molar-refractivity contribution in [1.29, 1.82) is 5.26 Å². The van der Waals surface area contributed by atoms with Crippen LogP contribution in [-0.4, -0.2) is 32.1 Å². The van der Waals surface area contributed by atoms with Gasteiger partial charge in [0.15, 0.2) is 0 Å². The summed E-state index contributed by atoms with van der Waals surface area (Å²) in [7, 11) is 0. The largest absolute Gasteiger partial charge is 0.378 e. The molecule has 0 radical (unpaired) electrons. The standard InChI is InChI=1S/C7H10N2O2/c8-3-6(4-10)7-5-11-2-1-9-7/h4,6-7,9H,1-2,5H2. The lowest BCUT2D eigenvalue weighted by Gasteiger charge is -2.24. The molecule has 0 spiro atoms. The van der Waals surface area contributed by atoms with Crippen molar-refractivity contribution < 1.29 is 9.53 Å². The van der Waals surface area contributed by atoms with Gasteiger partial charge in [0.05, 0.1) is 25.3 Å². The second kappa shape index (κ2) is 4.06. The van der Waals surface area contributed by atoms with Gasteiger partial charge in [-0.3, -0.25) is 0 Å². The predicted molar refractivity (Wildman–Crippen MR) is 37.8 cm³/mol. The van der Waals surface area contributed by atoms with Crippen molar-refractivity contribution in [1.82, 2.24) is 5.32 Å². The topological polar surface area (TPSA) is 62.1 Å². The van der Waals surface area contributed by atoms with Crippen LogP contribution >= 0.6 is 0 Å². The van der Waals surface area contributed by atoms with Crippen LogP contribution in [0.1, 0.15) is 0 Å². The average Bonchev–Trinajstić information content (AvgIpc) is 2.09. The number of carbonyl (C=O) groups excluding carboxylic acids is 1. The van der Waals surface area contributed by atoms with Crippen LogP contribution < -0.4 is 5.32 Å². The lowest BCUT2D eigenvalue weighted by molar-refractivity contribution is -0.111. The minimum Gasteiger partial charge on any atom is -0.378 e. The predicted octanol–water partition coefficient (Wildman–Crippen LogP) is -0.687. The number of morpholine rings is 1. The molecule has 0 amide bonds. The third-order valence-corrected chi connectivity index (χ3v) is 1.68. The van der Waals surface area contributed by atoms with Gasteiger partial charge < -0.3 is 14.8 Å². The van der Waals surface area contributed by atoms with Gasteiger partial charge in [-0.05, 0) is 0 Å². The molecule has 11 heavy (non-hydrogen) atoms. The maximum atomic E-state index is 10.3. The Morgan fingerprint density at radius 2 is 2.64 bits per heavy atom. The Bertz CT molecular complexity index is 170. The maximum Gasteiger partial charge on any atom is 0.138 e. The Labute approximate surface area is 65.1 Å². The first-order valence-corrected chi connectivity index (χ1v) is 3.54. The number of nitriles is 1. The van der Waals surface area contributed by atoms with Crippen LogP contribution in [0.4, 0.5) is 0 Å². The van der Waals surface area contributed by atoms with Gasteiger partial charge in [-0.15, -0.1) is 0 Å². The molecule has 1 rings (SSSR count). The number of hydrogen-bond acceptors (Lipinski definition) is 4. The van der Waals surface area contributed by atoms with E-state index in [1.54, 1.807) is 0 Å². The van der Waals surface area contributed by atoms with Gasteiger partial charge in [-0.25, -0.2) is 0 Å². The van der Waals surface area contributed by atoms with Gasteiger partial charge >= 0.3 is 0 Å². The molecule has 0 aliphatic carbocycles. The van der Waals surface area contributed by atoms with E-state index in [2.05, 4.69) is 5.32 Å². The second-order valence-corrected chi connectivity index (χ2v) is 2.43. The Morgan fingerprint density at radius 3 is 3.09 bits per heavy atom. The van der Waals surface area contributed by atoms with Crippen LogP contribution in [0, 0.1) is 17.2 Å². The molecule has 0 aromatic rings. The highest BCUT2D eigenvalue weighted by Crippen LogP contribution is 2.03. The molecule has 1 saturated heterocycles. The van der Waals surface area contributed by atoms with E-state index in [-0.39, 0.29) is 6.04 Å². The zero-order chi connectivity index (χ0) is 8.10. The number of aldehydes is 1. The zero-order valence-corrected chi connectivity index (χ0v) is 6.12. The van der Waals surface area contributed by atoms with Gasteiger partial charge in [-0.2, -0.15) is 5.26 Å². The summed E-state index contributed by atoms with van der Waals surface area (Å²) in [4.78, 5) is 10.3. The van der Waals surface area contributed by atoms with E-state index in [1.807, 2.05) is 6.07 Å². The number of carbonyl (C=O) groups is 1. The van der Waals surface area contributed by atoms with Crippen LogP contribution in [0.15, 0.2) is 0 Å². The molecule has 1 N–H and O–H groups in total. The fourth-order valence-electron chi connectivity index (χ4n) is 1.03. The van der Waals surface area contributed by atoms with E-state index < -0.39 is 5.92 Å². The summed E-state index contributed by atoms with van der Waals surface area (Å²) in [6, 6.07) is 1.79. The maximum absolute atomic E-state index is 10.3. The van der Waals surface area contributed by atoms with E-state index >= 15 is 0 Å². The van der Waals surface area contributed by atoms with Crippen LogP contribution in [0.25, 0.3) is 0 Å². The van der Waals surface area contributed by atoms with Crippen molar-refractivity contribution >= 4 is 6.29 Å². The second-order valence-electron chi connectivity index (χ2n) is 2.43. The summed E-state index contributed by atoms with van der Waals surface area (Å²) in [5.41, 5.74) is 0. The first-order chi connectivity index (χ1) is 5.38. The summed E-state index contributed by atoms with van der Waals surface area (Å²) >= 11 is 0. The van der Waals surface area contributed by atoms with Gasteiger partial charge in [0.2, 0.25) is 0 Å². The first kappa shape index (κ1) is 8.18. The molecule has 0 aromatic carbocycles. The van der Waals surface area contributed by atoms with Crippen molar-refractivity contribution in [3.63, 3.8) is 0 Å².